The van der Waals surface area contributed by atoms with E-state index in [1.54, 1.807) is 34.1 Å². The first kappa shape index (κ1) is 44.2. The topological polar surface area (TPSA) is 157 Å². The van der Waals surface area contributed by atoms with Crippen LogP contribution < -0.4 is 10.9 Å². The number of aromatic amines is 1. The summed E-state index contributed by atoms with van der Waals surface area (Å²) in [5, 5.41) is 10.9. The first-order valence-corrected chi connectivity index (χ1v) is 22.2. The third kappa shape index (κ3) is 11.1. The van der Waals surface area contributed by atoms with Crippen molar-refractivity contribution in [2.45, 2.75) is 122 Å². The number of likely N-dealkylation sites (tertiary alicyclic amines) is 2. The van der Waals surface area contributed by atoms with E-state index in [9.17, 15) is 24.0 Å². The molecule has 2 aromatic carbocycles. The second-order valence-electron chi connectivity index (χ2n) is 18.4. The molecule has 3 saturated heterocycles. The van der Waals surface area contributed by atoms with Gasteiger partial charge in [0.1, 0.15) is 17.5 Å². The minimum atomic E-state index is -0.650. The fraction of sp³-hybridized carbons (Fsp3) is 0.609. The molecular formula is C46H62FN7O7. The third-order valence-corrected chi connectivity index (χ3v) is 12.8. The zero-order chi connectivity index (χ0) is 43.3. The van der Waals surface area contributed by atoms with Crippen molar-refractivity contribution in [2.75, 3.05) is 52.4 Å². The molecule has 4 amide bonds. The molecule has 15 heteroatoms. The number of carbonyl (C=O) groups is 4. The molecule has 0 spiro atoms. The van der Waals surface area contributed by atoms with Crippen molar-refractivity contribution < 1.29 is 33.0 Å². The summed E-state index contributed by atoms with van der Waals surface area (Å²) in [6, 6.07) is 11.0. The van der Waals surface area contributed by atoms with Gasteiger partial charge in [-0.25, -0.2) is 14.3 Å². The number of ether oxygens (including phenoxy) is 2. The van der Waals surface area contributed by atoms with E-state index >= 15 is 4.39 Å². The second-order valence-corrected chi connectivity index (χ2v) is 18.4. The molecule has 4 fully saturated rings. The van der Waals surface area contributed by atoms with Crippen molar-refractivity contribution in [3.63, 3.8) is 0 Å². The van der Waals surface area contributed by atoms with Gasteiger partial charge in [0.2, 0.25) is 11.8 Å². The number of halogens is 1. The third-order valence-electron chi connectivity index (χ3n) is 12.8. The Morgan fingerprint density at radius 2 is 1.54 bits per heavy atom. The van der Waals surface area contributed by atoms with E-state index in [4.69, 9.17) is 9.47 Å². The van der Waals surface area contributed by atoms with Gasteiger partial charge in [0.05, 0.1) is 35.4 Å². The zero-order valence-corrected chi connectivity index (χ0v) is 36.1. The van der Waals surface area contributed by atoms with Crippen LogP contribution in [0.4, 0.5) is 9.18 Å². The van der Waals surface area contributed by atoms with Crippen molar-refractivity contribution >= 4 is 34.6 Å². The van der Waals surface area contributed by atoms with Gasteiger partial charge in [0.25, 0.3) is 11.5 Å². The summed E-state index contributed by atoms with van der Waals surface area (Å²) in [6.45, 7) is 11.2. The molecular weight excluding hydrogens is 782 g/mol. The maximum atomic E-state index is 15.0. The summed E-state index contributed by atoms with van der Waals surface area (Å²) in [6.07, 6.45) is 8.06. The molecule has 61 heavy (non-hydrogen) atoms. The van der Waals surface area contributed by atoms with E-state index in [0.29, 0.717) is 67.7 Å². The summed E-state index contributed by atoms with van der Waals surface area (Å²) < 4.78 is 27.2. The second kappa shape index (κ2) is 19.4. The number of alkyl carbamates (subject to hydrolysis) is 1. The summed E-state index contributed by atoms with van der Waals surface area (Å²) in [4.78, 5) is 73.4. The van der Waals surface area contributed by atoms with Crippen LogP contribution in [-0.2, 0) is 25.5 Å². The molecule has 14 nitrogen and oxygen atoms in total. The van der Waals surface area contributed by atoms with E-state index in [1.807, 2.05) is 37.8 Å². The Morgan fingerprint density at radius 1 is 0.869 bits per heavy atom. The lowest BCUT2D eigenvalue weighted by atomic mass is 9.83. The van der Waals surface area contributed by atoms with Gasteiger partial charge in [-0.15, -0.1) is 0 Å². The van der Waals surface area contributed by atoms with Gasteiger partial charge in [0, 0.05) is 63.7 Å². The van der Waals surface area contributed by atoms with Crippen LogP contribution in [0.25, 0.3) is 10.8 Å². The van der Waals surface area contributed by atoms with Crippen molar-refractivity contribution in [3.8, 4) is 0 Å². The number of nitrogens with one attached hydrogen (secondary N) is 2. The van der Waals surface area contributed by atoms with E-state index in [1.165, 1.54) is 6.07 Å². The number of amides is 4. The van der Waals surface area contributed by atoms with Crippen molar-refractivity contribution in [3.05, 3.63) is 75.5 Å². The minimum absolute atomic E-state index is 0.0128. The fourth-order valence-corrected chi connectivity index (χ4v) is 9.48. The quantitative estimate of drug-likeness (QED) is 0.278. The molecule has 4 aliphatic rings. The molecule has 330 valence electrons. The average Bonchev–Trinajstić information content (AvgIpc) is 3.24. The van der Waals surface area contributed by atoms with Crippen LogP contribution in [-0.4, -0.2) is 136 Å². The Kier molecular flexibility index (Phi) is 14.1. The summed E-state index contributed by atoms with van der Waals surface area (Å²) in [5.41, 5.74) is 0.355. The van der Waals surface area contributed by atoms with E-state index < -0.39 is 29.5 Å². The zero-order valence-electron chi connectivity index (χ0n) is 36.1. The van der Waals surface area contributed by atoms with Crippen LogP contribution >= 0.6 is 0 Å². The lowest BCUT2D eigenvalue weighted by molar-refractivity contribution is -0.143. The molecule has 0 unspecified atom stereocenters. The summed E-state index contributed by atoms with van der Waals surface area (Å²) in [7, 11) is 0. The number of nitrogens with zero attached hydrogens (tertiary/aromatic N) is 5. The van der Waals surface area contributed by atoms with Crippen molar-refractivity contribution in [1.29, 1.82) is 0 Å². The van der Waals surface area contributed by atoms with Crippen LogP contribution in [0, 0.1) is 11.7 Å². The highest BCUT2D eigenvalue weighted by molar-refractivity contribution is 5.95. The smallest absolute Gasteiger partial charge is 0.408 e. The Bertz CT molecular complexity index is 2100. The maximum Gasteiger partial charge on any atom is 0.408 e. The van der Waals surface area contributed by atoms with Crippen LogP contribution in [0.1, 0.15) is 107 Å². The van der Waals surface area contributed by atoms with Gasteiger partial charge in [-0.1, -0.05) is 43.5 Å². The number of rotatable bonds is 10. The van der Waals surface area contributed by atoms with E-state index in [2.05, 4.69) is 27.3 Å². The number of piperazine rings is 1. The average molecular weight is 844 g/mol. The molecule has 1 aliphatic carbocycles. The molecule has 1 aromatic heterocycles. The number of aromatic nitrogens is 2. The first-order chi connectivity index (χ1) is 29.2. The Hall–Kier alpha value is -4.89. The van der Waals surface area contributed by atoms with Crippen LogP contribution in [0.3, 0.4) is 0 Å². The highest BCUT2D eigenvalue weighted by Crippen LogP contribution is 2.31. The van der Waals surface area contributed by atoms with Crippen molar-refractivity contribution in [2.24, 2.45) is 5.92 Å². The van der Waals surface area contributed by atoms with Gasteiger partial charge in [-0.2, -0.15) is 5.10 Å². The monoisotopic (exact) mass is 843 g/mol. The predicted octanol–water partition coefficient (Wildman–Crippen LogP) is 5.27. The Labute approximate surface area is 357 Å². The number of fused-ring (bicyclic) bond motifs is 1. The predicted molar refractivity (Wildman–Crippen MR) is 229 cm³/mol. The maximum absolute atomic E-state index is 15.0. The minimum Gasteiger partial charge on any atom is -0.444 e. The van der Waals surface area contributed by atoms with E-state index in [-0.39, 0.29) is 47.1 Å². The molecule has 7 rings (SSSR count). The lowest BCUT2D eigenvalue weighted by Gasteiger charge is -2.42. The van der Waals surface area contributed by atoms with Gasteiger partial charge < -0.3 is 29.5 Å². The molecule has 1 saturated carbocycles. The fourth-order valence-electron chi connectivity index (χ4n) is 9.48. The number of piperidine rings is 2. The van der Waals surface area contributed by atoms with Crippen LogP contribution in [0.15, 0.2) is 47.3 Å². The largest absolute Gasteiger partial charge is 0.444 e. The highest BCUT2D eigenvalue weighted by atomic mass is 19.1. The van der Waals surface area contributed by atoms with Crippen LogP contribution in [0.5, 0.6) is 0 Å². The van der Waals surface area contributed by atoms with Crippen LogP contribution in [0.2, 0.25) is 0 Å². The number of carbonyl (C=O) groups excluding carboxylic acids is 4. The standard InChI is InChI=1S/C46H62FN7O7/c1-30-26-34(18-21-54(30)44(58)41(32-10-6-5-7-11-32)48-45(59)61-46(2,3)4)60-33-16-19-51(20-17-33)29-40(55)52-22-24-53(25-23-52)43(57)37-27-31(14-15-38(37)47)28-39-35-12-8-9-13-36(35)42(56)50-49-39/h8-9,12-15,27,30,32-34,41H,5-7,10-11,16-26,28-29H2,1-4H3,(H,48,59)(H,50,56)/t30-,34+,41+/m0/s1. The number of H-pyrrole nitrogens is 1. The number of hydrogen-bond donors (Lipinski definition) is 2. The SMILES string of the molecule is C[C@H]1C[C@H](OC2CCN(CC(=O)N3CCN(C(=O)c4cc(Cc5n[nH]c(=O)c6ccccc56)ccc4F)CC3)CC2)CCN1C(=O)[C@H](NC(=O)OC(C)(C)C)C1CCCCC1. The Balaban J connectivity index is 0.840. The summed E-state index contributed by atoms with van der Waals surface area (Å²) in [5.74, 6) is -0.942. The lowest BCUT2D eigenvalue weighted by Crippen LogP contribution is -2.57. The molecule has 3 aromatic rings. The first-order valence-electron chi connectivity index (χ1n) is 22.2. The highest BCUT2D eigenvalue weighted by Gasteiger charge is 2.39. The molecule has 2 N–H and O–H groups in total. The molecule has 3 atom stereocenters. The number of benzene rings is 2. The normalized spacial score (nSPS) is 21.6. The van der Waals surface area contributed by atoms with Gasteiger partial charge in [0.15, 0.2) is 0 Å². The summed E-state index contributed by atoms with van der Waals surface area (Å²) >= 11 is 0. The number of hydrogen-bond acceptors (Lipinski definition) is 9. The van der Waals surface area contributed by atoms with E-state index in [0.717, 1.165) is 70.9 Å². The Morgan fingerprint density at radius 3 is 2.23 bits per heavy atom. The molecule has 4 heterocycles. The van der Waals surface area contributed by atoms with Gasteiger partial charge in [-0.3, -0.25) is 24.1 Å². The van der Waals surface area contributed by atoms with Crippen molar-refractivity contribution in [1.82, 2.24) is 35.1 Å². The molecule has 3 aliphatic heterocycles. The van der Waals surface area contributed by atoms with Gasteiger partial charge >= 0.3 is 6.09 Å². The molecule has 0 bridgehead atoms. The van der Waals surface area contributed by atoms with Gasteiger partial charge in [-0.05, 0) is 95.9 Å². The molecule has 0 radical (unpaired) electrons.